The molecule has 0 saturated heterocycles. The number of benzene rings is 1. The number of hydrogen-bond donors (Lipinski definition) is 2. The molecule has 4 nitrogen and oxygen atoms in total. The molecule has 2 aromatic rings. The number of aliphatic imine (C=N–C) groups is 1. The second-order valence-electron chi connectivity index (χ2n) is 5.64. The Labute approximate surface area is 176 Å². The van der Waals surface area contributed by atoms with Crippen molar-refractivity contribution in [1.29, 1.82) is 0 Å². The first-order valence-corrected chi connectivity index (χ1v) is 10.1. The molecule has 1 heterocycles. The second-order valence-corrected chi connectivity index (χ2v) is 8.03. The Kier molecular flexibility index (Phi) is 10.4. The zero-order chi connectivity index (χ0) is 17.4. The fourth-order valence-corrected chi connectivity index (χ4v) is 3.80. The number of thioether (sulfide) groups is 1. The summed E-state index contributed by atoms with van der Waals surface area (Å²) in [5, 5.41) is 7.77. The zero-order valence-corrected chi connectivity index (χ0v) is 19.2. The maximum absolute atomic E-state index is 4.54. The van der Waals surface area contributed by atoms with Gasteiger partial charge in [0, 0.05) is 30.0 Å². The van der Waals surface area contributed by atoms with E-state index in [1.165, 1.54) is 16.0 Å². The maximum Gasteiger partial charge on any atom is 0.191 e. The van der Waals surface area contributed by atoms with Gasteiger partial charge in [-0.25, -0.2) is 4.98 Å². The summed E-state index contributed by atoms with van der Waals surface area (Å²) in [6.07, 6.45) is 0. The van der Waals surface area contributed by atoms with Crippen molar-refractivity contribution in [2.45, 2.75) is 33.1 Å². The van der Waals surface area contributed by atoms with Gasteiger partial charge >= 0.3 is 0 Å². The monoisotopic (exact) mass is 490 g/mol. The fourth-order valence-electron chi connectivity index (χ4n) is 2.11. The van der Waals surface area contributed by atoms with Gasteiger partial charge < -0.3 is 10.6 Å². The van der Waals surface area contributed by atoms with Gasteiger partial charge in [-0.2, -0.15) is 11.8 Å². The van der Waals surface area contributed by atoms with Crippen LogP contribution in [0.4, 0.5) is 0 Å². The summed E-state index contributed by atoms with van der Waals surface area (Å²) in [4.78, 5) is 10.1. The number of thiazole rings is 1. The average Bonchev–Trinajstić information content (AvgIpc) is 2.90. The van der Waals surface area contributed by atoms with E-state index in [1.54, 1.807) is 18.4 Å². The van der Waals surface area contributed by atoms with Crippen molar-refractivity contribution < 1.29 is 0 Å². The molecule has 0 aliphatic rings. The lowest BCUT2D eigenvalue weighted by Gasteiger charge is -2.10. The number of rotatable bonds is 7. The maximum atomic E-state index is 4.54. The van der Waals surface area contributed by atoms with Crippen LogP contribution in [-0.4, -0.2) is 30.3 Å². The smallest absolute Gasteiger partial charge is 0.191 e. The number of nitrogens with zero attached hydrogens (tertiary/aromatic N) is 2. The Bertz CT molecular complexity index is 649. The van der Waals surface area contributed by atoms with Crippen LogP contribution in [0, 0.1) is 20.8 Å². The molecule has 1 aromatic heterocycles. The summed E-state index contributed by atoms with van der Waals surface area (Å²) in [5.74, 6) is 2.92. The molecule has 0 unspecified atom stereocenters. The fraction of sp³-hybridized carbons (Fsp3) is 0.444. The lowest BCUT2D eigenvalue weighted by molar-refractivity contribution is 0.824. The molecule has 0 atom stereocenters. The number of halogens is 1. The van der Waals surface area contributed by atoms with Crippen LogP contribution < -0.4 is 10.6 Å². The highest BCUT2D eigenvalue weighted by Gasteiger charge is 2.04. The molecule has 2 rings (SSSR count). The van der Waals surface area contributed by atoms with E-state index in [2.05, 4.69) is 58.7 Å². The van der Waals surface area contributed by atoms with E-state index in [4.69, 9.17) is 0 Å². The van der Waals surface area contributed by atoms with Gasteiger partial charge in [-0.1, -0.05) is 29.8 Å². The Morgan fingerprint density at radius 1 is 1.16 bits per heavy atom. The number of aromatic nitrogens is 1. The van der Waals surface area contributed by atoms with Gasteiger partial charge in [0.1, 0.15) is 5.01 Å². The van der Waals surface area contributed by atoms with E-state index in [0.717, 1.165) is 41.3 Å². The lowest BCUT2D eigenvalue weighted by atomic mass is 10.2. The molecule has 0 fully saturated rings. The van der Waals surface area contributed by atoms with Gasteiger partial charge in [0.2, 0.25) is 0 Å². The molecule has 0 spiro atoms. The number of aryl methyl sites for hydroxylation is 3. The summed E-state index contributed by atoms with van der Waals surface area (Å²) < 4.78 is 0. The highest BCUT2D eigenvalue weighted by Crippen LogP contribution is 2.16. The Balaban J connectivity index is 0.00000312. The van der Waals surface area contributed by atoms with Crippen LogP contribution in [0.15, 0.2) is 29.3 Å². The SMILES string of the molecule is CN=C(NCCSCc1ccc(C)cc1)NCc1nc(C)c(C)s1.I. The summed E-state index contributed by atoms with van der Waals surface area (Å²) in [6, 6.07) is 8.74. The van der Waals surface area contributed by atoms with Gasteiger partial charge in [-0.15, -0.1) is 35.3 Å². The quantitative estimate of drug-likeness (QED) is 0.263. The van der Waals surface area contributed by atoms with E-state index >= 15 is 0 Å². The molecule has 0 aliphatic heterocycles. The van der Waals surface area contributed by atoms with Gasteiger partial charge in [-0.3, -0.25) is 4.99 Å². The molecule has 25 heavy (non-hydrogen) atoms. The average molecular weight is 490 g/mol. The summed E-state index contributed by atoms with van der Waals surface area (Å²) in [6.45, 7) is 7.89. The van der Waals surface area contributed by atoms with Crippen molar-refractivity contribution in [2.75, 3.05) is 19.3 Å². The highest BCUT2D eigenvalue weighted by atomic mass is 127. The predicted molar refractivity (Wildman–Crippen MR) is 123 cm³/mol. The Morgan fingerprint density at radius 2 is 1.88 bits per heavy atom. The van der Waals surface area contributed by atoms with Crippen molar-refractivity contribution in [2.24, 2.45) is 4.99 Å². The molecule has 0 aliphatic carbocycles. The van der Waals surface area contributed by atoms with Crippen LogP contribution in [0.2, 0.25) is 0 Å². The minimum absolute atomic E-state index is 0. The topological polar surface area (TPSA) is 49.3 Å². The third-order valence-corrected chi connectivity index (χ3v) is 5.73. The summed E-state index contributed by atoms with van der Waals surface area (Å²) in [7, 11) is 1.80. The van der Waals surface area contributed by atoms with E-state index in [-0.39, 0.29) is 24.0 Å². The van der Waals surface area contributed by atoms with E-state index in [1.807, 2.05) is 18.7 Å². The second kappa shape index (κ2) is 11.7. The zero-order valence-electron chi connectivity index (χ0n) is 15.3. The third kappa shape index (κ3) is 7.96. The van der Waals surface area contributed by atoms with Gasteiger partial charge in [0.25, 0.3) is 0 Å². The van der Waals surface area contributed by atoms with Crippen LogP contribution in [0.5, 0.6) is 0 Å². The largest absolute Gasteiger partial charge is 0.356 e. The highest BCUT2D eigenvalue weighted by molar-refractivity contribution is 14.0. The standard InChI is InChI=1S/C18H26N4S2.HI/c1-13-5-7-16(8-6-13)12-23-10-9-20-18(19-4)21-11-17-22-14(2)15(3)24-17;/h5-8H,9-12H2,1-4H3,(H2,19,20,21);1H. The minimum atomic E-state index is 0. The van der Waals surface area contributed by atoms with Crippen molar-refractivity contribution in [3.63, 3.8) is 0 Å². The third-order valence-electron chi connectivity index (χ3n) is 3.63. The molecule has 0 amide bonds. The Morgan fingerprint density at radius 3 is 2.48 bits per heavy atom. The molecular weight excluding hydrogens is 463 g/mol. The van der Waals surface area contributed by atoms with Crippen LogP contribution >= 0.6 is 47.1 Å². The summed E-state index contributed by atoms with van der Waals surface area (Å²) >= 11 is 3.67. The van der Waals surface area contributed by atoms with Crippen molar-refractivity contribution >= 4 is 53.0 Å². The molecule has 0 radical (unpaired) electrons. The van der Waals surface area contributed by atoms with E-state index in [9.17, 15) is 0 Å². The van der Waals surface area contributed by atoms with E-state index in [0.29, 0.717) is 0 Å². The van der Waals surface area contributed by atoms with Gasteiger partial charge in [0.05, 0.1) is 12.2 Å². The molecule has 7 heteroatoms. The molecule has 2 N–H and O–H groups in total. The van der Waals surface area contributed by atoms with Gasteiger partial charge in [0.15, 0.2) is 5.96 Å². The van der Waals surface area contributed by atoms with Crippen molar-refractivity contribution in [3.05, 3.63) is 51.0 Å². The van der Waals surface area contributed by atoms with Crippen LogP contribution in [0.25, 0.3) is 0 Å². The minimum Gasteiger partial charge on any atom is -0.356 e. The number of hydrogen-bond acceptors (Lipinski definition) is 4. The van der Waals surface area contributed by atoms with Crippen LogP contribution in [0.3, 0.4) is 0 Å². The first-order valence-electron chi connectivity index (χ1n) is 8.09. The van der Waals surface area contributed by atoms with Crippen molar-refractivity contribution in [1.82, 2.24) is 15.6 Å². The molecular formula is C18H27IN4S2. The van der Waals surface area contributed by atoms with E-state index < -0.39 is 0 Å². The molecule has 0 bridgehead atoms. The van der Waals surface area contributed by atoms with Crippen molar-refractivity contribution in [3.8, 4) is 0 Å². The summed E-state index contributed by atoms with van der Waals surface area (Å²) in [5.41, 5.74) is 3.81. The predicted octanol–water partition coefficient (Wildman–Crippen LogP) is 4.28. The lowest BCUT2D eigenvalue weighted by Crippen LogP contribution is -2.37. The van der Waals surface area contributed by atoms with Crippen LogP contribution in [-0.2, 0) is 12.3 Å². The molecule has 0 saturated carbocycles. The molecule has 138 valence electrons. The normalized spacial score (nSPS) is 11.1. The van der Waals surface area contributed by atoms with Crippen LogP contribution in [0.1, 0.15) is 26.7 Å². The first kappa shape index (κ1) is 22.2. The Hall–Kier alpha value is -0.800. The number of guanidine groups is 1. The number of nitrogens with one attached hydrogen (secondary N) is 2. The first-order chi connectivity index (χ1) is 11.6. The molecule has 1 aromatic carbocycles. The van der Waals surface area contributed by atoms with Gasteiger partial charge in [-0.05, 0) is 26.3 Å².